The van der Waals surface area contributed by atoms with Crippen LogP contribution in [0.25, 0.3) is 0 Å². The van der Waals surface area contributed by atoms with Crippen LogP contribution in [0.1, 0.15) is 170 Å². The summed E-state index contributed by atoms with van der Waals surface area (Å²) < 4.78 is 23.0. The molecule has 0 aromatic heterocycles. The van der Waals surface area contributed by atoms with Crippen LogP contribution in [-0.2, 0) is 13.1 Å². The number of nitrogens with zero attached hydrogens (tertiary/aromatic N) is 1. The summed E-state index contributed by atoms with van der Waals surface area (Å²) in [6.07, 6.45) is 32.5. The van der Waals surface area contributed by atoms with Gasteiger partial charge < -0.3 is 24.3 Å². The van der Waals surface area contributed by atoms with E-state index in [0.29, 0.717) is 0 Å². The first-order chi connectivity index (χ1) is 31.1. The predicted octanol–water partition coefficient (Wildman–Crippen LogP) is 15.9. The van der Waals surface area contributed by atoms with Crippen LogP contribution in [0.4, 0.5) is 0 Å². The molecular formula is C59H90N2O4. The zero-order chi connectivity index (χ0) is 47.8. The van der Waals surface area contributed by atoms with Crippen molar-refractivity contribution in [1.29, 1.82) is 0 Å². The van der Waals surface area contributed by atoms with Gasteiger partial charge in [-0.15, -0.1) is 0 Å². The third kappa shape index (κ3) is 19.6. The van der Waals surface area contributed by atoms with E-state index in [2.05, 4.69) is 152 Å². The van der Waals surface area contributed by atoms with Gasteiger partial charge in [0.25, 0.3) is 0 Å². The lowest BCUT2D eigenvalue weighted by molar-refractivity contribution is 0.0300. The van der Waals surface area contributed by atoms with Crippen molar-refractivity contribution < 1.29 is 18.9 Å². The first kappa shape index (κ1) is 55.1. The second-order valence-electron chi connectivity index (χ2n) is 19.5. The van der Waals surface area contributed by atoms with E-state index in [0.717, 1.165) is 113 Å². The highest BCUT2D eigenvalue weighted by molar-refractivity contribution is 5.44. The minimum absolute atomic E-state index is 0.276. The van der Waals surface area contributed by atoms with Crippen LogP contribution in [0.2, 0.25) is 0 Å². The van der Waals surface area contributed by atoms with Gasteiger partial charge in [-0.05, 0) is 182 Å². The van der Waals surface area contributed by atoms with Crippen LogP contribution in [-0.4, -0.2) is 51.0 Å². The zero-order valence-electron chi connectivity index (χ0n) is 43.6. The molecule has 1 aliphatic carbocycles. The van der Waals surface area contributed by atoms with Gasteiger partial charge in [0.05, 0.1) is 28.4 Å². The maximum Gasteiger partial charge on any atom is 0.161 e. The minimum Gasteiger partial charge on any atom is -0.493 e. The molecule has 2 aromatic rings. The maximum atomic E-state index is 5.94. The van der Waals surface area contributed by atoms with E-state index >= 15 is 0 Å². The molecule has 0 bridgehead atoms. The van der Waals surface area contributed by atoms with E-state index in [-0.39, 0.29) is 17.6 Å². The first-order valence-corrected chi connectivity index (χ1v) is 24.6. The fourth-order valence-corrected chi connectivity index (χ4v) is 9.11. The molecule has 1 unspecified atom stereocenters. The Morgan fingerprint density at radius 1 is 0.538 bits per heavy atom. The Morgan fingerprint density at radius 3 is 1.46 bits per heavy atom. The molecule has 1 saturated carbocycles. The van der Waals surface area contributed by atoms with Crippen molar-refractivity contribution in [2.24, 2.45) is 0 Å². The lowest BCUT2D eigenvalue weighted by Gasteiger charge is -2.51. The van der Waals surface area contributed by atoms with E-state index in [1.54, 1.807) is 28.4 Å². The molecule has 0 spiro atoms. The van der Waals surface area contributed by atoms with Crippen molar-refractivity contribution in [2.45, 2.75) is 190 Å². The molecular weight excluding hydrogens is 801 g/mol. The van der Waals surface area contributed by atoms with Crippen LogP contribution in [0.15, 0.2) is 118 Å². The van der Waals surface area contributed by atoms with E-state index < -0.39 is 0 Å². The molecule has 3 atom stereocenters. The average Bonchev–Trinajstić information content (AvgIpc) is 3.28. The molecule has 6 heteroatoms. The summed E-state index contributed by atoms with van der Waals surface area (Å²) in [6.45, 7) is 24.1. The largest absolute Gasteiger partial charge is 0.493 e. The molecule has 1 N–H and O–H groups in total. The number of hydrogen-bond acceptors (Lipinski definition) is 6. The smallest absolute Gasteiger partial charge is 0.161 e. The predicted molar refractivity (Wildman–Crippen MR) is 280 cm³/mol. The zero-order valence-corrected chi connectivity index (χ0v) is 43.6. The van der Waals surface area contributed by atoms with Gasteiger partial charge in [0.15, 0.2) is 23.0 Å². The van der Waals surface area contributed by atoms with Crippen molar-refractivity contribution in [3.8, 4) is 23.0 Å². The van der Waals surface area contributed by atoms with Crippen molar-refractivity contribution in [3.05, 3.63) is 129 Å². The van der Waals surface area contributed by atoms with Gasteiger partial charge in [0, 0.05) is 30.7 Å². The van der Waals surface area contributed by atoms with Crippen molar-refractivity contribution >= 4 is 0 Å². The van der Waals surface area contributed by atoms with Crippen LogP contribution in [0.5, 0.6) is 23.0 Å². The number of nitrogens with one attached hydrogen (secondary N) is 1. The van der Waals surface area contributed by atoms with Crippen LogP contribution < -0.4 is 24.3 Å². The molecule has 0 saturated heterocycles. The van der Waals surface area contributed by atoms with Gasteiger partial charge in [0.2, 0.25) is 0 Å². The van der Waals surface area contributed by atoms with Gasteiger partial charge in [-0.2, -0.15) is 0 Å². The Labute approximate surface area is 398 Å². The first-order valence-electron chi connectivity index (χ1n) is 24.6. The lowest BCUT2D eigenvalue weighted by Crippen LogP contribution is -2.59. The summed E-state index contributed by atoms with van der Waals surface area (Å²) >= 11 is 0. The van der Waals surface area contributed by atoms with Crippen molar-refractivity contribution in [1.82, 2.24) is 10.2 Å². The summed E-state index contributed by atoms with van der Waals surface area (Å²) in [5.74, 6) is 3.04. The standard InChI is InChI=1S/C59H90N2O4/c1-44(2)21-17-24-47(7)26-20-27-49(9)36-38-59(41-50(10)28-19-23-46(5)6,37-35-48(8)25-18-22-45(3)4)61(43-52-32-34-56(63-12)58(40-52)65-14)54-30-16-15-29-53(54)60-42-51-31-33-55(62-11)57(39-51)64-13/h21-23,26,31-36,39-41,53-54,60H,15-20,24-25,27-30,37-38,42-43H2,1-14H3/t53-,54-,59?/m1/s1. The quantitative estimate of drug-likeness (QED) is 0.0859. The van der Waals surface area contributed by atoms with Crippen LogP contribution >= 0.6 is 0 Å². The summed E-state index contributed by atoms with van der Waals surface area (Å²) in [4.78, 5) is 2.92. The van der Waals surface area contributed by atoms with E-state index in [9.17, 15) is 0 Å². The Kier molecular flexibility index (Phi) is 24.9. The molecule has 360 valence electrons. The molecule has 3 rings (SSSR count). The summed E-state index contributed by atoms with van der Waals surface area (Å²) in [5, 5.41) is 4.12. The summed E-state index contributed by atoms with van der Waals surface area (Å²) in [7, 11) is 6.87. The highest BCUT2D eigenvalue weighted by Crippen LogP contribution is 2.40. The molecule has 0 radical (unpaired) electrons. The van der Waals surface area contributed by atoms with Crippen LogP contribution in [0, 0.1) is 0 Å². The number of benzene rings is 2. The van der Waals surface area contributed by atoms with E-state index in [1.165, 1.54) is 63.0 Å². The Bertz CT molecular complexity index is 1970. The Balaban J connectivity index is 2.28. The van der Waals surface area contributed by atoms with Gasteiger partial charge in [-0.3, -0.25) is 4.90 Å². The van der Waals surface area contributed by atoms with Crippen molar-refractivity contribution in [3.63, 3.8) is 0 Å². The third-order valence-corrected chi connectivity index (χ3v) is 12.9. The third-order valence-electron chi connectivity index (χ3n) is 12.9. The minimum atomic E-state index is -0.303. The second kappa shape index (κ2) is 29.4. The monoisotopic (exact) mass is 891 g/mol. The molecule has 6 nitrogen and oxygen atoms in total. The topological polar surface area (TPSA) is 52.2 Å². The number of methoxy groups -OCH3 is 4. The SMILES string of the molecule is COc1ccc(CN[C@@H]2CCCC[C@H]2N(Cc2ccc(OC)c(OC)c2)C(C=C(C)CCC=C(C)C)(CC=C(C)CCC=C(C)C)CC=C(C)CCC=C(C)CCC=C(C)C)cc1OC. The molecule has 1 aliphatic rings. The molecule has 2 aromatic carbocycles. The molecule has 0 heterocycles. The Morgan fingerprint density at radius 2 is 0.969 bits per heavy atom. The number of ether oxygens (including phenoxy) is 4. The maximum absolute atomic E-state index is 5.94. The van der Waals surface area contributed by atoms with E-state index in [1.807, 2.05) is 6.07 Å². The molecule has 0 aliphatic heterocycles. The van der Waals surface area contributed by atoms with Gasteiger partial charge in [-0.1, -0.05) is 107 Å². The fraction of sp³-hybridized carbons (Fsp3) is 0.559. The number of allylic oxidation sites excluding steroid dienone is 11. The van der Waals surface area contributed by atoms with Gasteiger partial charge in [-0.25, -0.2) is 0 Å². The Hall–Kier alpha value is -4.26. The molecule has 0 amide bonds. The normalized spacial score (nSPS) is 17.0. The summed E-state index contributed by atoms with van der Waals surface area (Å²) in [6, 6.07) is 13.4. The van der Waals surface area contributed by atoms with Crippen LogP contribution in [0.3, 0.4) is 0 Å². The van der Waals surface area contributed by atoms with Gasteiger partial charge in [0.1, 0.15) is 0 Å². The summed E-state index contributed by atoms with van der Waals surface area (Å²) in [5.41, 5.74) is 12.1. The van der Waals surface area contributed by atoms with Crippen molar-refractivity contribution in [2.75, 3.05) is 28.4 Å². The van der Waals surface area contributed by atoms with Gasteiger partial charge >= 0.3 is 0 Å². The molecule has 1 fully saturated rings. The fourth-order valence-electron chi connectivity index (χ4n) is 9.11. The number of hydrogen-bond donors (Lipinski definition) is 1. The average molecular weight is 891 g/mol. The highest BCUT2D eigenvalue weighted by Gasteiger charge is 2.41. The number of rotatable bonds is 28. The highest BCUT2D eigenvalue weighted by atomic mass is 16.5. The second-order valence-corrected chi connectivity index (χ2v) is 19.5. The van der Waals surface area contributed by atoms with E-state index in [4.69, 9.17) is 18.9 Å². The lowest BCUT2D eigenvalue weighted by atomic mass is 9.79. The molecule has 65 heavy (non-hydrogen) atoms.